The molecule has 0 fully saturated rings. The van der Waals surface area contributed by atoms with Gasteiger partial charge in [0.15, 0.2) is 11.5 Å². The minimum atomic E-state index is -0.107. The van der Waals surface area contributed by atoms with Crippen molar-refractivity contribution in [2.45, 2.75) is 6.42 Å². The van der Waals surface area contributed by atoms with Crippen molar-refractivity contribution in [3.05, 3.63) is 17.7 Å². The van der Waals surface area contributed by atoms with Gasteiger partial charge in [0.2, 0.25) is 5.75 Å². The number of ether oxygens (including phenoxy) is 3. The molecule has 0 atom stereocenters. The van der Waals surface area contributed by atoms with Crippen LogP contribution in [0.25, 0.3) is 0 Å². The van der Waals surface area contributed by atoms with Gasteiger partial charge in [-0.2, -0.15) is 0 Å². The number of benzene rings is 1. The van der Waals surface area contributed by atoms with Crippen LogP contribution in [0.15, 0.2) is 12.1 Å². The third-order valence-electron chi connectivity index (χ3n) is 3.20. The molecular formula is C15H24N2O4. The predicted octanol–water partition coefficient (Wildman–Crippen LogP) is 1.39. The van der Waals surface area contributed by atoms with Crippen LogP contribution in [0.4, 0.5) is 0 Å². The van der Waals surface area contributed by atoms with Crippen molar-refractivity contribution in [3.63, 3.8) is 0 Å². The Hall–Kier alpha value is -1.95. The summed E-state index contributed by atoms with van der Waals surface area (Å²) >= 11 is 0. The van der Waals surface area contributed by atoms with E-state index in [0.717, 1.165) is 13.0 Å². The van der Waals surface area contributed by atoms with E-state index >= 15 is 0 Å². The van der Waals surface area contributed by atoms with Crippen LogP contribution < -0.4 is 19.5 Å². The number of hydrogen-bond donors (Lipinski definition) is 1. The van der Waals surface area contributed by atoms with Gasteiger partial charge in [0.1, 0.15) is 0 Å². The molecule has 0 aromatic heterocycles. The summed E-state index contributed by atoms with van der Waals surface area (Å²) in [6.45, 7) is 1.53. The lowest BCUT2D eigenvalue weighted by Gasteiger charge is -2.20. The van der Waals surface area contributed by atoms with Crippen molar-refractivity contribution in [2.24, 2.45) is 0 Å². The van der Waals surface area contributed by atoms with Gasteiger partial charge in [0.25, 0.3) is 5.91 Å². The van der Waals surface area contributed by atoms with Gasteiger partial charge in [-0.1, -0.05) is 0 Å². The standard InChI is InChI=1S/C15H24N2O4/c1-16-9-6-10-17(2)15(18)11-7-8-12(19-3)14(21-5)13(11)20-4/h7-8,16H,6,9-10H2,1-5H3. The van der Waals surface area contributed by atoms with E-state index in [-0.39, 0.29) is 5.91 Å². The van der Waals surface area contributed by atoms with Gasteiger partial charge < -0.3 is 24.4 Å². The number of rotatable bonds is 8. The van der Waals surface area contributed by atoms with Crippen molar-refractivity contribution in [1.82, 2.24) is 10.2 Å². The molecule has 0 aliphatic rings. The fraction of sp³-hybridized carbons (Fsp3) is 0.533. The summed E-state index contributed by atoms with van der Waals surface area (Å²) < 4.78 is 15.9. The minimum absolute atomic E-state index is 0.107. The maximum Gasteiger partial charge on any atom is 0.257 e. The maximum absolute atomic E-state index is 12.5. The Labute approximate surface area is 126 Å². The summed E-state index contributed by atoms with van der Waals surface area (Å²) in [6, 6.07) is 3.40. The lowest BCUT2D eigenvalue weighted by atomic mass is 10.1. The topological polar surface area (TPSA) is 60.0 Å². The van der Waals surface area contributed by atoms with Crippen LogP contribution in [-0.2, 0) is 0 Å². The highest BCUT2D eigenvalue weighted by Gasteiger charge is 2.22. The van der Waals surface area contributed by atoms with Crippen LogP contribution in [0.1, 0.15) is 16.8 Å². The quantitative estimate of drug-likeness (QED) is 0.735. The first-order valence-corrected chi connectivity index (χ1v) is 6.79. The number of amides is 1. The second-order valence-corrected chi connectivity index (χ2v) is 4.57. The SMILES string of the molecule is CNCCCN(C)C(=O)c1ccc(OC)c(OC)c1OC. The molecule has 0 saturated heterocycles. The molecule has 6 nitrogen and oxygen atoms in total. The number of nitrogens with one attached hydrogen (secondary N) is 1. The van der Waals surface area contributed by atoms with Crippen LogP contribution in [0, 0.1) is 0 Å². The third-order valence-corrected chi connectivity index (χ3v) is 3.20. The molecule has 0 aliphatic carbocycles. The monoisotopic (exact) mass is 296 g/mol. The van der Waals surface area contributed by atoms with E-state index in [1.807, 2.05) is 7.05 Å². The number of carbonyl (C=O) groups excluding carboxylic acids is 1. The summed E-state index contributed by atoms with van der Waals surface area (Å²) in [6.07, 6.45) is 0.883. The molecule has 21 heavy (non-hydrogen) atoms. The minimum Gasteiger partial charge on any atom is -0.493 e. The first-order chi connectivity index (χ1) is 10.1. The number of methoxy groups -OCH3 is 3. The summed E-state index contributed by atoms with van der Waals surface area (Å²) in [7, 11) is 8.23. The summed E-state index contributed by atoms with van der Waals surface area (Å²) in [5.41, 5.74) is 0.460. The van der Waals surface area contributed by atoms with Crippen molar-refractivity contribution in [3.8, 4) is 17.2 Å². The van der Waals surface area contributed by atoms with Crippen molar-refractivity contribution >= 4 is 5.91 Å². The molecule has 1 aromatic rings. The van der Waals surface area contributed by atoms with Gasteiger partial charge in [0, 0.05) is 13.6 Å². The largest absolute Gasteiger partial charge is 0.493 e. The first-order valence-electron chi connectivity index (χ1n) is 6.79. The number of carbonyl (C=O) groups is 1. The first kappa shape index (κ1) is 17.1. The van der Waals surface area contributed by atoms with Gasteiger partial charge in [-0.15, -0.1) is 0 Å². The summed E-state index contributed by atoms with van der Waals surface area (Å²) in [5.74, 6) is 1.24. The molecule has 118 valence electrons. The average Bonchev–Trinajstić information content (AvgIpc) is 2.52. The van der Waals surface area contributed by atoms with Gasteiger partial charge in [0.05, 0.1) is 26.9 Å². The molecule has 0 saturated carbocycles. The van der Waals surface area contributed by atoms with E-state index in [4.69, 9.17) is 14.2 Å². The highest BCUT2D eigenvalue weighted by atomic mass is 16.5. The highest BCUT2D eigenvalue weighted by Crippen LogP contribution is 2.40. The normalized spacial score (nSPS) is 10.1. The molecule has 0 bridgehead atoms. The molecule has 0 aliphatic heterocycles. The second kappa shape index (κ2) is 8.36. The van der Waals surface area contributed by atoms with E-state index < -0.39 is 0 Å². The zero-order valence-electron chi connectivity index (χ0n) is 13.4. The zero-order chi connectivity index (χ0) is 15.8. The predicted molar refractivity (Wildman–Crippen MR) is 81.6 cm³/mol. The van der Waals surface area contributed by atoms with Gasteiger partial charge in [-0.05, 0) is 32.1 Å². The van der Waals surface area contributed by atoms with Crippen LogP contribution in [-0.4, -0.2) is 59.3 Å². The maximum atomic E-state index is 12.5. The van der Waals surface area contributed by atoms with Crippen LogP contribution in [0.2, 0.25) is 0 Å². The fourth-order valence-corrected chi connectivity index (χ4v) is 2.07. The van der Waals surface area contributed by atoms with Crippen LogP contribution in [0.5, 0.6) is 17.2 Å². The van der Waals surface area contributed by atoms with Gasteiger partial charge in [-0.25, -0.2) is 0 Å². The van der Waals surface area contributed by atoms with Gasteiger partial charge in [-0.3, -0.25) is 4.79 Å². The Balaban J connectivity index is 3.03. The molecule has 0 radical (unpaired) electrons. The molecule has 1 rings (SSSR count). The summed E-state index contributed by atoms with van der Waals surface area (Å²) in [4.78, 5) is 14.2. The molecule has 0 unspecified atom stereocenters. The van der Waals surface area contributed by atoms with E-state index in [2.05, 4.69) is 5.32 Å². The molecule has 0 heterocycles. The smallest absolute Gasteiger partial charge is 0.257 e. The number of nitrogens with zero attached hydrogens (tertiary/aromatic N) is 1. The second-order valence-electron chi connectivity index (χ2n) is 4.57. The molecule has 0 spiro atoms. The zero-order valence-corrected chi connectivity index (χ0v) is 13.4. The average molecular weight is 296 g/mol. The van der Waals surface area contributed by atoms with Crippen molar-refractivity contribution in [2.75, 3.05) is 48.5 Å². The van der Waals surface area contributed by atoms with Crippen LogP contribution in [0.3, 0.4) is 0 Å². The Kier molecular flexibility index (Phi) is 6.81. The highest BCUT2D eigenvalue weighted by molar-refractivity contribution is 5.98. The van der Waals surface area contributed by atoms with Gasteiger partial charge >= 0.3 is 0 Å². The van der Waals surface area contributed by atoms with Crippen LogP contribution >= 0.6 is 0 Å². The number of hydrogen-bond acceptors (Lipinski definition) is 5. The lowest BCUT2D eigenvalue weighted by Crippen LogP contribution is -2.29. The molecule has 1 N–H and O–H groups in total. The molecule has 1 amide bonds. The Bertz CT molecular complexity index is 477. The third kappa shape index (κ3) is 4.01. The van der Waals surface area contributed by atoms with Crippen molar-refractivity contribution in [1.29, 1.82) is 0 Å². The Morgan fingerprint density at radius 2 is 1.81 bits per heavy atom. The molecular weight excluding hydrogens is 272 g/mol. The molecule has 6 heteroatoms. The van der Waals surface area contributed by atoms with E-state index in [0.29, 0.717) is 29.4 Å². The Morgan fingerprint density at radius 1 is 1.14 bits per heavy atom. The summed E-state index contributed by atoms with van der Waals surface area (Å²) in [5, 5.41) is 3.06. The lowest BCUT2D eigenvalue weighted by molar-refractivity contribution is 0.0789. The van der Waals surface area contributed by atoms with E-state index in [1.165, 1.54) is 14.2 Å². The van der Waals surface area contributed by atoms with E-state index in [9.17, 15) is 4.79 Å². The Morgan fingerprint density at radius 3 is 2.33 bits per heavy atom. The van der Waals surface area contributed by atoms with Crippen molar-refractivity contribution < 1.29 is 19.0 Å². The van der Waals surface area contributed by atoms with E-state index in [1.54, 1.807) is 31.2 Å². The fourth-order valence-electron chi connectivity index (χ4n) is 2.07. The molecule has 1 aromatic carbocycles.